The molecule has 0 saturated heterocycles. The monoisotopic (exact) mass is 1000 g/mol. The number of benzene rings is 2. The van der Waals surface area contributed by atoms with E-state index in [4.69, 9.17) is 28.8 Å². The standard InChI is InChI=1S/C18H30O5Si4.C8H21F3O4Si3.C6H20O4Si3/c1-24(2,19)21-26(5,6)23-27(22-25(3,4)20,17-13-9-7-10-14-17)18-15-11-8-12-16-18;1-16(2,12)14-18(5,15-17(3,4)13)7-6-8(9,10)11;1-11(2,7)9-13(5,6)10-12(3,4)8/h7-16,19-20H,1-6H3;12-13H,6-7H2,1-5H3;7-8H,1-6H3. The summed E-state index contributed by atoms with van der Waals surface area (Å²) in [7, 11) is -28.5. The molecule has 0 radical (unpaired) electrons. The molecule has 0 aromatic heterocycles. The molecule has 0 fully saturated rings. The second-order valence-corrected chi connectivity index (χ2v) is 51.6. The summed E-state index contributed by atoms with van der Waals surface area (Å²) in [4.78, 5) is 59.6. The minimum Gasteiger partial charge on any atom is -0.416 e. The van der Waals surface area contributed by atoms with Gasteiger partial charge in [0.25, 0.3) is 0 Å². The summed E-state index contributed by atoms with van der Waals surface area (Å²) in [6.07, 6.45) is -5.34. The van der Waals surface area contributed by atoms with E-state index in [2.05, 4.69) is 0 Å². The molecule has 0 aliphatic rings. The Labute approximate surface area is 355 Å². The fourth-order valence-electron chi connectivity index (χ4n) is 5.83. The van der Waals surface area contributed by atoms with Crippen molar-refractivity contribution in [1.29, 1.82) is 0 Å². The molecule has 0 aliphatic heterocycles. The van der Waals surface area contributed by atoms with Crippen molar-refractivity contribution in [3.05, 3.63) is 60.7 Å². The van der Waals surface area contributed by atoms with Crippen molar-refractivity contribution in [2.75, 3.05) is 0 Å². The quantitative estimate of drug-likeness (QED) is 0.0968. The highest BCUT2D eigenvalue weighted by Crippen LogP contribution is 2.30. The van der Waals surface area contributed by atoms with Crippen molar-refractivity contribution in [2.24, 2.45) is 0 Å². The first-order valence-corrected chi connectivity index (χ1v) is 45.9. The molecule has 338 valence electrons. The van der Waals surface area contributed by atoms with E-state index in [9.17, 15) is 41.9 Å². The van der Waals surface area contributed by atoms with Gasteiger partial charge >= 0.3 is 91.8 Å². The average molecular weight is 1000 g/mol. The van der Waals surface area contributed by atoms with E-state index in [0.717, 1.165) is 10.4 Å². The van der Waals surface area contributed by atoms with Gasteiger partial charge in [-0.15, -0.1) is 0 Å². The zero-order valence-corrected chi connectivity index (χ0v) is 47.4. The first-order valence-electron chi connectivity index (χ1n) is 18.8. The molecule has 6 N–H and O–H groups in total. The predicted molar refractivity (Wildman–Crippen MR) is 246 cm³/mol. The van der Waals surface area contributed by atoms with Crippen LogP contribution >= 0.6 is 0 Å². The van der Waals surface area contributed by atoms with Crippen LogP contribution in [0, 0.1) is 0 Å². The maximum atomic E-state index is 12.3. The summed E-state index contributed by atoms with van der Waals surface area (Å²) in [5.74, 6) is 0. The molecule has 0 atom stereocenters. The molecule has 58 heavy (non-hydrogen) atoms. The summed E-state index contributed by atoms with van der Waals surface area (Å²) < 4.78 is 77.7. The maximum absolute atomic E-state index is 12.3. The Morgan fingerprint density at radius 1 is 0.397 bits per heavy atom. The van der Waals surface area contributed by atoms with Crippen LogP contribution in [-0.4, -0.2) is 121 Å². The SMILES string of the molecule is C[Si](C)(O)O[Si](C)(C)O[Si](C)(C)O.C[Si](C)(O)O[Si](C)(C)O[Si](O[Si](C)(C)O)(c1ccccc1)c1ccccc1.C[Si](C)(O)O[Si](C)(CCC(F)(F)F)O[Si](C)(C)O. The normalized spacial score (nSPS) is 14.3. The molecule has 0 unspecified atom stereocenters. The van der Waals surface area contributed by atoms with Crippen LogP contribution in [0.15, 0.2) is 60.7 Å². The van der Waals surface area contributed by atoms with Gasteiger partial charge in [-0.1, -0.05) is 60.7 Å². The zero-order chi connectivity index (χ0) is 46.1. The molecule has 2 aromatic rings. The first-order chi connectivity index (χ1) is 25.4. The molecule has 0 spiro atoms. The van der Waals surface area contributed by atoms with E-state index < -0.39 is 98.2 Å². The third-order valence-corrected chi connectivity index (χ3v) is 35.3. The zero-order valence-electron chi connectivity index (χ0n) is 37.4. The number of alkyl halides is 3. The largest absolute Gasteiger partial charge is 0.416 e. The highest BCUT2D eigenvalue weighted by molar-refractivity contribution is 7.01. The Morgan fingerprint density at radius 3 is 0.897 bits per heavy atom. The third kappa shape index (κ3) is 28.5. The van der Waals surface area contributed by atoms with Crippen molar-refractivity contribution in [2.45, 2.75) is 130 Å². The van der Waals surface area contributed by atoms with Gasteiger partial charge in [0.2, 0.25) is 0 Å². The van der Waals surface area contributed by atoms with Gasteiger partial charge < -0.3 is 57.6 Å². The highest BCUT2D eigenvalue weighted by atomic mass is 28.5. The molecular weight excluding hydrogens is 930 g/mol. The topological polar surface area (TPSA) is 186 Å². The molecule has 26 heteroatoms. The van der Waals surface area contributed by atoms with E-state index >= 15 is 0 Å². The Kier molecular flexibility index (Phi) is 21.5. The van der Waals surface area contributed by atoms with Crippen LogP contribution in [0.4, 0.5) is 13.2 Å². The Bertz CT molecular complexity index is 1420. The van der Waals surface area contributed by atoms with Gasteiger partial charge in [-0.25, -0.2) is 0 Å². The highest BCUT2D eigenvalue weighted by Gasteiger charge is 2.52. The molecule has 0 aliphatic carbocycles. The minimum absolute atomic E-state index is 0.329. The van der Waals surface area contributed by atoms with E-state index in [1.165, 1.54) is 32.7 Å². The summed E-state index contributed by atoms with van der Waals surface area (Å²) in [5.41, 5.74) is 0. The molecule has 13 nitrogen and oxygen atoms in total. The van der Waals surface area contributed by atoms with Crippen molar-refractivity contribution in [1.82, 2.24) is 0 Å². The lowest BCUT2D eigenvalue weighted by Crippen LogP contribution is -2.71. The molecule has 0 amide bonds. The van der Waals surface area contributed by atoms with Crippen molar-refractivity contribution in [3.8, 4) is 0 Å². The summed E-state index contributed by atoms with van der Waals surface area (Å²) in [6, 6.07) is 19.2. The molecule has 2 rings (SSSR count). The summed E-state index contributed by atoms with van der Waals surface area (Å²) in [6.45, 7) is 28.5. The van der Waals surface area contributed by atoms with Crippen LogP contribution < -0.4 is 10.4 Å². The van der Waals surface area contributed by atoms with Crippen LogP contribution in [0.2, 0.25) is 117 Å². The second kappa shape index (κ2) is 21.5. The minimum atomic E-state index is -4.30. The molecule has 2 aromatic carbocycles. The van der Waals surface area contributed by atoms with Gasteiger partial charge in [0.05, 0.1) is 0 Å². The molecular formula is C32H71F3O13Si10. The van der Waals surface area contributed by atoms with Gasteiger partial charge in [-0.05, 0) is 128 Å². The fourth-order valence-corrected chi connectivity index (χ4v) is 41.5. The van der Waals surface area contributed by atoms with Crippen molar-refractivity contribution in [3.63, 3.8) is 0 Å². The maximum Gasteiger partial charge on any atom is 0.389 e. The Morgan fingerprint density at radius 2 is 0.655 bits per heavy atom. The van der Waals surface area contributed by atoms with Crippen LogP contribution in [0.3, 0.4) is 0 Å². The summed E-state index contributed by atoms with van der Waals surface area (Å²) in [5, 5.41) is 1.82. The van der Waals surface area contributed by atoms with Gasteiger partial charge in [0.15, 0.2) is 0 Å². The van der Waals surface area contributed by atoms with E-state index in [-0.39, 0.29) is 6.04 Å². The lowest BCUT2D eigenvalue weighted by Gasteiger charge is -2.42. The second-order valence-electron chi connectivity index (χ2n) is 17.8. The number of rotatable bonds is 18. The Hall–Kier alpha value is -0.121. The molecule has 0 saturated carbocycles. The summed E-state index contributed by atoms with van der Waals surface area (Å²) >= 11 is 0. The molecule has 0 bridgehead atoms. The van der Waals surface area contributed by atoms with Crippen LogP contribution in [0.25, 0.3) is 0 Å². The third-order valence-electron chi connectivity index (χ3n) is 6.37. The van der Waals surface area contributed by atoms with Crippen LogP contribution in [-0.2, 0) is 28.8 Å². The van der Waals surface area contributed by atoms with E-state index in [1.54, 1.807) is 52.4 Å². The Balaban J connectivity index is 0.000000909. The smallest absolute Gasteiger partial charge is 0.389 e. The first kappa shape index (κ1) is 57.9. The number of hydrogen-bond acceptors (Lipinski definition) is 13. The van der Waals surface area contributed by atoms with Gasteiger partial charge in [-0.2, -0.15) is 13.2 Å². The number of halogens is 3. The van der Waals surface area contributed by atoms with Gasteiger partial charge in [0, 0.05) is 6.42 Å². The van der Waals surface area contributed by atoms with E-state index in [1.807, 2.05) is 86.9 Å². The van der Waals surface area contributed by atoms with Gasteiger partial charge in [-0.3, -0.25) is 0 Å². The van der Waals surface area contributed by atoms with Crippen LogP contribution in [0.5, 0.6) is 0 Å². The van der Waals surface area contributed by atoms with Crippen molar-refractivity contribution < 1.29 is 70.8 Å². The predicted octanol–water partition coefficient (Wildman–Crippen LogP) is 5.92. The van der Waals surface area contributed by atoms with Gasteiger partial charge in [0.1, 0.15) is 0 Å². The average Bonchev–Trinajstić information content (AvgIpc) is 2.90. The number of hydrogen-bond donors (Lipinski definition) is 6. The lowest BCUT2D eigenvalue weighted by atomic mass is 10.4. The lowest BCUT2D eigenvalue weighted by molar-refractivity contribution is -0.131. The van der Waals surface area contributed by atoms with Crippen LogP contribution in [0.1, 0.15) is 6.42 Å². The van der Waals surface area contributed by atoms with E-state index in [0.29, 0.717) is 0 Å². The fraction of sp³-hybridized carbons (Fsp3) is 0.625. The van der Waals surface area contributed by atoms with Crippen molar-refractivity contribution >= 4 is 96.0 Å². The molecule has 0 heterocycles.